The summed E-state index contributed by atoms with van der Waals surface area (Å²) < 4.78 is 22.9. The van der Waals surface area contributed by atoms with Gasteiger partial charge in [0, 0.05) is 85.6 Å². The molecule has 2 aliphatic rings. The van der Waals surface area contributed by atoms with Gasteiger partial charge in [-0.3, -0.25) is 24.0 Å². The molecule has 2 aliphatic heterocycles. The fourth-order valence-electron chi connectivity index (χ4n) is 9.83. The van der Waals surface area contributed by atoms with Gasteiger partial charge in [-0.15, -0.1) is 11.3 Å². The second kappa shape index (κ2) is 26.0. The van der Waals surface area contributed by atoms with Gasteiger partial charge >= 0.3 is 0 Å². The van der Waals surface area contributed by atoms with Crippen molar-refractivity contribution in [3.63, 3.8) is 0 Å². The van der Waals surface area contributed by atoms with Gasteiger partial charge in [0.2, 0.25) is 23.6 Å². The smallest absolute Gasteiger partial charge is 0.253 e. The SMILES string of the molecule is CCN(c1cc(-c2ccc(OCCOCCOCC(=O)N[C@H](C(=O)N3C[C@H](O)C[C@H]3C(=O)N[C@@H](C)c3ccc(-c4scnc4C)cc3)C(C)(C)C)nc2)cc(C(=O)NCc2c(C)cc(C)[nH]c2=O)c1C)C1CCOCC1. The van der Waals surface area contributed by atoms with Crippen LogP contribution in [-0.2, 0) is 35.1 Å². The molecule has 2 aromatic carbocycles. The van der Waals surface area contributed by atoms with Crippen molar-refractivity contribution in [2.75, 3.05) is 64.2 Å². The van der Waals surface area contributed by atoms with Gasteiger partial charge in [-0.25, -0.2) is 9.97 Å². The number of H-pyrrole nitrogens is 1. The van der Waals surface area contributed by atoms with Crippen LogP contribution >= 0.6 is 11.3 Å². The summed E-state index contributed by atoms with van der Waals surface area (Å²) >= 11 is 1.57. The predicted octanol–water partition coefficient (Wildman–Crippen LogP) is 6.51. The summed E-state index contributed by atoms with van der Waals surface area (Å²) in [5.41, 5.74) is 9.73. The molecule has 4 atom stereocenters. The Morgan fingerprint density at radius 3 is 2.29 bits per heavy atom. The first-order valence-electron chi connectivity index (χ1n) is 26.1. The largest absolute Gasteiger partial charge is 0.475 e. The Kier molecular flexibility index (Phi) is 19.6. The van der Waals surface area contributed by atoms with Crippen LogP contribution in [0.5, 0.6) is 5.88 Å². The second-order valence-electron chi connectivity index (χ2n) is 20.7. The zero-order valence-corrected chi connectivity index (χ0v) is 46.1. The summed E-state index contributed by atoms with van der Waals surface area (Å²) in [5.74, 6) is -1.25. The second-order valence-corrected chi connectivity index (χ2v) is 21.6. The number of amides is 4. The molecular formula is C57H74N8O10S. The Labute approximate surface area is 449 Å². The summed E-state index contributed by atoms with van der Waals surface area (Å²) in [4.78, 5) is 84.2. The van der Waals surface area contributed by atoms with Crippen LogP contribution in [0, 0.1) is 33.1 Å². The number of anilines is 1. The summed E-state index contributed by atoms with van der Waals surface area (Å²) in [6.45, 7) is 19.6. The van der Waals surface area contributed by atoms with Crippen LogP contribution in [0.4, 0.5) is 5.69 Å². The van der Waals surface area contributed by atoms with Gasteiger partial charge in [0.05, 0.1) is 48.0 Å². The first-order chi connectivity index (χ1) is 36.3. The molecule has 3 aromatic heterocycles. The number of likely N-dealkylation sites (tertiary alicyclic amines) is 1. The fourth-order valence-corrected chi connectivity index (χ4v) is 10.6. The molecule has 4 amide bonds. The molecule has 7 rings (SSSR count). The Morgan fingerprint density at radius 2 is 1.63 bits per heavy atom. The number of benzene rings is 2. The zero-order valence-electron chi connectivity index (χ0n) is 45.2. The van der Waals surface area contributed by atoms with Gasteiger partial charge in [0.15, 0.2) is 0 Å². The number of aromatic nitrogens is 3. The van der Waals surface area contributed by atoms with Gasteiger partial charge in [-0.2, -0.15) is 0 Å². The van der Waals surface area contributed by atoms with E-state index in [9.17, 15) is 29.1 Å². The highest BCUT2D eigenvalue weighted by molar-refractivity contribution is 7.13. The van der Waals surface area contributed by atoms with E-state index in [1.807, 2.05) is 103 Å². The lowest BCUT2D eigenvalue weighted by Gasteiger charge is -2.37. The Hall–Kier alpha value is -6.51. The number of hydrogen-bond donors (Lipinski definition) is 5. The van der Waals surface area contributed by atoms with Crippen LogP contribution in [0.3, 0.4) is 0 Å². The van der Waals surface area contributed by atoms with Crippen molar-refractivity contribution >= 4 is 40.7 Å². The number of nitrogens with one attached hydrogen (secondary N) is 4. The lowest BCUT2D eigenvalue weighted by molar-refractivity contribution is -0.144. The molecule has 0 unspecified atom stereocenters. The number of aliphatic hydroxyl groups is 1. The van der Waals surface area contributed by atoms with E-state index in [-0.39, 0.29) is 82.0 Å². The van der Waals surface area contributed by atoms with E-state index in [0.717, 1.165) is 74.7 Å². The number of thiazole rings is 1. The van der Waals surface area contributed by atoms with Crippen LogP contribution < -0.4 is 31.1 Å². The van der Waals surface area contributed by atoms with Crippen LogP contribution in [0.1, 0.15) is 104 Å². The van der Waals surface area contributed by atoms with Gasteiger partial charge in [0.1, 0.15) is 25.3 Å². The van der Waals surface area contributed by atoms with E-state index >= 15 is 0 Å². The van der Waals surface area contributed by atoms with Crippen molar-refractivity contribution in [3.05, 3.63) is 116 Å². The summed E-state index contributed by atoms with van der Waals surface area (Å²) in [5, 5.41) is 19.5. The highest BCUT2D eigenvalue weighted by Crippen LogP contribution is 2.35. The van der Waals surface area contributed by atoms with E-state index in [0.29, 0.717) is 30.2 Å². The number of nitrogens with zero attached hydrogens (tertiary/aromatic N) is 4. The molecule has 408 valence electrons. The van der Waals surface area contributed by atoms with E-state index in [2.05, 4.69) is 48.8 Å². The first-order valence-corrected chi connectivity index (χ1v) is 27.0. The standard InChI is InChI=1S/C57H74N8O10S/c1-10-64(43-17-19-72-20-18-43)47-27-42(26-45(36(47)4)53(68)59-30-46-34(2)25-35(3)61-54(46)69)41-15-16-50(58-29-41)75-24-23-73-21-22-74-32-49(67)63-52(57(7,8)9)56(71)65-31-44(66)28-48(65)55(70)62-37(5)39-11-13-40(14-12-39)51-38(6)60-33-76-51/h11-16,25-27,29,33,37,43-44,48,52,66H,10,17-24,28,30-32H2,1-9H3,(H,59,68)(H,61,69)(H,62,70)(H,63,67)/t37-,44+,48-,52+/m0/s1. The van der Waals surface area contributed by atoms with Crippen molar-refractivity contribution in [3.8, 4) is 27.4 Å². The highest BCUT2D eigenvalue weighted by Gasteiger charge is 2.45. The average molecular weight is 1060 g/mol. The number of carbonyl (C=O) groups excluding carboxylic acids is 4. The van der Waals surface area contributed by atoms with Crippen molar-refractivity contribution < 1.29 is 43.2 Å². The van der Waals surface area contributed by atoms with E-state index < -0.39 is 35.4 Å². The van der Waals surface area contributed by atoms with Gasteiger partial charge < -0.3 is 54.8 Å². The zero-order chi connectivity index (χ0) is 54.7. The number of aromatic amines is 1. The molecule has 76 heavy (non-hydrogen) atoms. The normalized spacial score (nSPS) is 16.7. The molecule has 2 saturated heterocycles. The number of rotatable bonds is 22. The molecular weight excluding hydrogens is 989 g/mol. The Bertz CT molecular complexity index is 2860. The first kappa shape index (κ1) is 57.2. The number of aliphatic hydroxyl groups excluding tert-OH is 1. The number of carbonyl (C=O) groups is 4. The summed E-state index contributed by atoms with van der Waals surface area (Å²) in [6.07, 6.45) is 2.64. The number of β-amino-alcohol motifs (C(OH)–C–C–N with tert-alkyl or cyclic N) is 1. The molecule has 5 N–H and O–H groups in total. The minimum Gasteiger partial charge on any atom is -0.475 e. The molecule has 0 radical (unpaired) electrons. The molecule has 0 saturated carbocycles. The van der Waals surface area contributed by atoms with Crippen molar-refractivity contribution in [2.45, 2.75) is 118 Å². The Balaban J connectivity index is 0.874. The highest BCUT2D eigenvalue weighted by atomic mass is 32.1. The maximum absolute atomic E-state index is 14.1. The van der Waals surface area contributed by atoms with Gasteiger partial charge in [-0.05, 0) is 112 Å². The maximum atomic E-state index is 14.1. The van der Waals surface area contributed by atoms with Crippen molar-refractivity contribution in [1.82, 2.24) is 35.8 Å². The number of hydrogen-bond acceptors (Lipinski definition) is 14. The van der Waals surface area contributed by atoms with E-state index in [4.69, 9.17) is 18.9 Å². The third kappa shape index (κ3) is 14.5. The van der Waals surface area contributed by atoms with Crippen LogP contribution in [-0.4, -0.2) is 132 Å². The van der Waals surface area contributed by atoms with E-state index in [1.165, 1.54) is 4.90 Å². The minimum absolute atomic E-state index is 0.0384. The van der Waals surface area contributed by atoms with Crippen LogP contribution in [0.25, 0.3) is 21.6 Å². The van der Waals surface area contributed by atoms with Crippen LogP contribution in [0.2, 0.25) is 0 Å². The molecule has 18 nitrogen and oxygen atoms in total. The fraction of sp³-hybridized carbons (Fsp3) is 0.491. The van der Waals surface area contributed by atoms with E-state index in [1.54, 1.807) is 23.6 Å². The topological polar surface area (TPSA) is 227 Å². The third-order valence-corrected chi connectivity index (χ3v) is 15.0. The Morgan fingerprint density at radius 1 is 0.921 bits per heavy atom. The molecule has 2 fully saturated rings. The van der Waals surface area contributed by atoms with Crippen molar-refractivity contribution in [1.29, 1.82) is 0 Å². The maximum Gasteiger partial charge on any atom is 0.253 e. The number of aryl methyl sites for hydroxylation is 3. The van der Waals surface area contributed by atoms with Gasteiger partial charge in [0.25, 0.3) is 11.5 Å². The lowest BCUT2D eigenvalue weighted by Crippen LogP contribution is -2.58. The lowest BCUT2D eigenvalue weighted by atomic mass is 9.85. The number of ether oxygens (including phenoxy) is 4. The monoisotopic (exact) mass is 1060 g/mol. The van der Waals surface area contributed by atoms with Crippen LogP contribution in [0.15, 0.2) is 71.1 Å². The molecule has 19 heteroatoms. The molecule has 0 spiro atoms. The molecule has 0 aliphatic carbocycles. The number of pyridine rings is 2. The molecule has 5 heterocycles. The minimum atomic E-state index is -0.999. The molecule has 5 aromatic rings. The summed E-state index contributed by atoms with van der Waals surface area (Å²) in [7, 11) is 0. The third-order valence-electron chi connectivity index (χ3n) is 14.0. The summed E-state index contributed by atoms with van der Waals surface area (Å²) in [6, 6.07) is 15.4. The molecule has 0 bridgehead atoms. The van der Waals surface area contributed by atoms with Gasteiger partial charge in [-0.1, -0.05) is 45.0 Å². The predicted molar refractivity (Wildman–Crippen MR) is 292 cm³/mol. The average Bonchev–Trinajstić information content (AvgIpc) is 4.02. The van der Waals surface area contributed by atoms with Crippen molar-refractivity contribution in [2.24, 2.45) is 5.41 Å². The quantitative estimate of drug-likeness (QED) is 0.0467.